The molecule has 0 bridgehead atoms. The Balaban J connectivity index is 2.15. The van der Waals surface area contributed by atoms with E-state index in [2.05, 4.69) is 0 Å². The van der Waals surface area contributed by atoms with Crippen LogP contribution in [0.1, 0.15) is 35.2 Å². The zero-order chi connectivity index (χ0) is 17.5. The second kappa shape index (κ2) is 8.75. The monoisotopic (exact) mass is 339 g/mol. The number of carboxylic acids is 1. The first-order valence-corrected chi connectivity index (χ1v) is 7.91. The van der Waals surface area contributed by atoms with E-state index in [0.717, 1.165) is 12.8 Å². The Morgan fingerprint density at radius 1 is 1.46 bits per heavy atom. The third-order valence-electron chi connectivity index (χ3n) is 3.92. The lowest BCUT2D eigenvalue weighted by Gasteiger charge is -2.25. The normalized spacial score (nSPS) is 17.0. The van der Waals surface area contributed by atoms with E-state index in [1.807, 2.05) is 0 Å². The average molecular weight is 339 g/mol. The van der Waals surface area contributed by atoms with Crippen molar-refractivity contribution in [1.29, 1.82) is 0 Å². The van der Waals surface area contributed by atoms with Crippen LogP contribution in [0.15, 0.2) is 18.2 Å². The van der Waals surface area contributed by atoms with E-state index in [4.69, 9.17) is 14.6 Å². The van der Waals surface area contributed by atoms with Crippen molar-refractivity contribution < 1.29 is 28.6 Å². The van der Waals surface area contributed by atoms with Crippen LogP contribution < -0.4 is 0 Å². The minimum atomic E-state index is -0.973. The third-order valence-corrected chi connectivity index (χ3v) is 3.92. The van der Waals surface area contributed by atoms with Gasteiger partial charge in [-0.15, -0.1) is 0 Å². The van der Waals surface area contributed by atoms with Gasteiger partial charge in [-0.25, -0.2) is 4.39 Å². The number of halogens is 1. The van der Waals surface area contributed by atoms with Crippen LogP contribution in [-0.4, -0.2) is 54.8 Å². The van der Waals surface area contributed by atoms with Crippen molar-refractivity contribution in [2.24, 2.45) is 0 Å². The molecular formula is C17H22FNO5. The number of amides is 1. The maximum Gasteiger partial charge on any atom is 0.305 e. The molecule has 6 nitrogen and oxygen atoms in total. The summed E-state index contributed by atoms with van der Waals surface area (Å²) in [6.45, 7) is 1.14. The van der Waals surface area contributed by atoms with Crippen LogP contribution in [0.2, 0.25) is 0 Å². The van der Waals surface area contributed by atoms with Crippen molar-refractivity contribution in [2.75, 3.05) is 26.8 Å². The van der Waals surface area contributed by atoms with Gasteiger partial charge < -0.3 is 19.5 Å². The number of hydrogen-bond donors (Lipinski definition) is 1. The molecule has 1 unspecified atom stereocenters. The first-order chi connectivity index (χ1) is 11.5. The molecule has 1 aromatic rings. The van der Waals surface area contributed by atoms with Gasteiger partial charge >= 0.3 is 5.97 Å². The van der Waals surface area contributed by atoms with E-state index in [-0.39, 0.29) is 31.6 Å². The molecule has 1 N–H and O–H groups in total. The van der Waals surface area contributed by atoms with Crippen molar-refractivity contribution in [3.8, 4) is 0 Å². The van der Waals surface area contributed by atoms with Crippen molar-refractivity contribution in [2.45, 2.75) is 32.0 Å². The zero-order valence-corrected chi connectivity index (χ0v) is 13.7. The highest BCUT2D eigenvalue weighted by Gasteiger charge is 2.24. The molecule has 0 aromatic heterocycles. The van der Waals surface area contributed by atoms with Gasteiger partial charge in [0.1, 0.15) is 5.82 Å². The Kier molecular flexibility index (Phi) is 6.69. The molecule has 1 aromatic carbocycles. The van der Waals surface area contributed by atoms with Gasteiger partial charge in [0.25, 0.3) is 5.91 Å². The predicted molar refractivity (Wildman–Crippen MR) is 84.2 cm³/mol. The number of ether oxygens (including phenoxy) is 2. The van der Waals surface area contributed by atoms with E-state index in [0.29, 0.717) is 24.3 Å². The second-order valence-corrected chi connectivity index (χ2v) is 5.77. The van der Waals surface area contributed by atoms with Gasteiger partial charge in [0.2, 0.25) is 0 Å². The van der Waals surface area contributed by atoms with Crippen LogP contribution in [0.3, 0.4) is 0 Å². The van der Waals surface area contributed by atoms with Crippen LogP contribution in [0, 0.1) is 5.82 Å². The standard InChI is InChI=1S/C17H22FNO5/c1-23-11-13-9-12(4-5-15(13)18)17(22)19(7-6-16(20)21)10-14-3-2-8-24-14/h4-5,9,14H,2-3,6-8,10-11H2,1H3,(H,20,21). The molecule has 24 heavy (non-hydrogen) atoms. The summed E-state index contributed by atoms with van der Waals surface area (Å²) in [6.07, 6.45) is 1.54. The Bertz CT molecular complexity index is 586. The number of methoxy groups -OCH3 is 1. The molecule has 0 spiro atoms. The lowest BCUT2D eigenvalue weighted by molar-refractivity contribution is -0.137. The Morgan fingerprint density at radius 2 is 2.25 bits per heavy atom. The van der Waals surface area contributed by atoms with Gasteiger partial charge in [-0.1, -0.05) is 0 Å². The van der Waals surface area contributed by atoms with Gasteiger partial charge in [0.15, 0.2) is 0 Å². The minimum absolute atomic E-state index is 0.0633. The minimum Gasteiger partial charge on any atom is -0.481 e. The number of rotatable bonds is 8. The smallest absolute Gasteiger partial charge is 0.305 e. The molecule has 0 saturated carbocycles. The van der Waals surface area contributed by atoms with Crippen LogP contribution in [0.4, 0.5) is 4.39 Å². The van der Waals surface area contributed by atoms with Crippen LogP contribution in [0.25, 0.3) is 0 Å². The molecule has 1 fully saturated rings. The van der Waals surface area contributed by atoms with Gasteiger partial charge in [-0.05, 0) is 31.0 Å². The maximum atomic E-state index is 13.7. The third kappa shape index (κ3) is 5.01. The molecule has 0 radical (unpaired) electrons. The second-order valence-electron chi connectivity index (χ2n) is 5.77. The van der Waals surface area contributed by atoms with Gasteiger partial charge in [0.05, 0.1) is 19.1 Å². The number of carbonyl (C=O) groups excluding carboxylic acids is 1. The van der Waals surface area contributed by atoms with Crippen LogP contribution in [-0.2, 0) is 20.9 Å². The molecule has 7 heteroatoms. The lowest BCUT2D eigenvalue weighted by atomic mass is 10.1. The SMILES string of the molecule is COCc1cc(C(=O)N(CCC(=O)O)CC2CCCO2)ccc1F. The molecule has 1 aliphatic rings. The van der Waals surface area contributed by atoms with Gasteiger partial charge in [-0.2, -0.15) is 0 Å². The number of carboxylic acid groups (broad SMARTS) is 1. The number of nitrogens with zero attached hydrogens (tertiary/aromatic N) is 1. The quantitative estimate of drug-likeness (QED) is 0.785. The van der Waals surface area contributed by atoms with Crippen molar-refractivity contribution in [3.63, 3.8) is 0 Å². The van der Waals surface area contributed by atoms with Crippen molar-refractivity contribution in [3.05, 3.63) is 35.1 Å². The summed E-state index contributed by atoms with van der Waals surface area (Å²) in [4.78, 5) is 25.0. The highest BCUT2D eigenvalue weighted by Crippen LogP contribution is 2.17. The molecule has 0 aliphatic carbocycles. The molecule has 1 heterocycles. The molecule has 1 amide bonds. The summed E-state index contributed by atoms with van der Waals surface area (Å²) < 4.78 is 24.2. The first-order valence-electron chi connectivity index (χ1n) is 7.91. The summed E-state index contributed by atoms with van der Waals surface area (Å²) in [5.41, 5.74) is 0.602. The molecule has 132 valence electrons. The number of carbonyl (C=O) groups is 2. The van der Waals surface area contributed by atoms with Crippen LogP contribution >= 0.6 is 0 Å². The largest absolute Gasteiger partial charge is 0.481 e. The summed E-state index contributed by atoms with van der Waals surface area (Å²) in [6, 6.07) is 4.08. The van der Waals surface area contributed by atoms with Crippen LogP contribution in [0.5, 0.6) is 0 Å². The summed E-state index contributed by atoms with van der Waals surface area (Å²) in [7, 11) is 1.45. The molecule has 1 aliphatic heterocycles. The fourth-order valence-corrected chi connectivity index (χ4v) is 2.70. The molecule has 2 rings (SSSR count). The van der Waals surface area contributed by atoms with E-state index < -0.39 is 11.8 Å². The average Bonchev–Trinajstić information content (AvgIpc) is 3.06. The van der Waals surface area contributed by atoms with Crippen molar-refractivity contribution in [1.82, 2.24) is 4.90 Å². The van der Waals surface area contributed by atoms with Gasteiger partial charge in [-0.3, -0.25) is 9.59 Å². The molecule has 1 atom stereocenters. The van der Waals surface area contributed by atoms with Gasteiger partial charge in [0, 0.05) is 37.9 Å². The predicted octanol–water partition coefficient (Wildman–Crippen LogP) is 2.07. The maximum absolute atomic E-state index is 13.7. The molecule has 1 saturated heterocycles. The van der Waals surface area contributed by atoms with E-state index >= 15 is 0 Å². The Hall–Kier alpha value is -1.99. The fraction of sp³-hybridized carbons (Fsp3) is 0.529. The number of aliphatic carboxylic acids is 1. The fourth-order valence-electron chi connectivity index (χ4n) is 2.70. The topological polar surface area (TPSA) is 76.1 Å². The van der Waals surface area contributed by atoms with E-state index in [1.165, 1.54) is 30.2 Å². The summed E-state index contributed by atoms with van der Waals surface area (Å²) in [5, 5.41) is 8.89. The lowest BCUT2D eigenvalue weighted by Crippen LogP contribution is -2.38. The Labute approximate surface area is 140 Å². The first kappa shape index (κ1) is 18.4. The Morgan fingerprint density at radius 3 is 2.88 bits per heavy atom. The number of benzene rings is 1. The highest BCUT2D eigenvalue weighted by atomic mass is 19.1. The molecular weight excluding hydrogens is 317 g/mol. The van der Waals surface area contributed by atoms with E-state index in [1.54, 1.807) is 0 Å². The zero-order valence-electron chi connectivity index (χ0n) is 13.7. The van der Waals surface area contributed by atoms with Crippen molar-refractivity contribution >= 4 is 11.9 Å². The van der Waals surface area contributed by atoms with E-state index in [9.17, 15) is 14.0 Å². The summed E-state index contributed by atoms with van der Waals surface area (Å²) >= 11 is 0. The number of hydrogen-bond acceptors (Lipinski definition) is 4. The highest BCUT2D eigenvalue weighted by molar-refractivity contribution is 5.94. The summed E-state index contributed by atoms with van der Waals surface area (Å²) in [5.74, 6) is -1.74.